The molecule has 0 spiro atoms. The first-order chi connectivity index (χ1) is 9.11. The van der Waals surface area contributed by atoms with E-state index in [0.717, 1.165) is 5.56 Å². The average molecular weight is 283 g/mol. The van der Waals surface area contributed by atoms with Crippen LogP contribution in [-0.4, -0.2) is 12.0 Å². The van der Waals surface area contributed by atoms with Gasteiger partial charge in [-0.25, -0.2) is 8.78 Å². The van der Waals surface area contributed by atoms with E-state index in [4.69, 9.17) is 11.6 Å². The van der Waals surface area contributed by atoms with Crippen molar-refractivity contribution < 1.29 is 8.78 Å². The predicted octanol–water partition coefficient (Wildman–Crippen LogP) is 3.52. The van der Waals surface area contributed by atoms with Gasteiger partial charge in [0.1, 0.15) is 11.6 Å². The fraction of sp³-hybridized carbons (Fsp3) is 0.214. The number of benzene rings is 1. The number of hydrogen-bond donors (Lipinski definition) is 1. The third kappa shape index (κ3) is 3.28. The fourth-order valence-corrected chi connectivity index (χ4v) is 2.01. The quantitative estimate of drug-likeness (QED) is 0.928. The van der Waals surface area contributed by atoms with E-state index in [2.05, 4.69) is 10.3 Å². The summed E-state index contributed by atoms with van der Waals surface area (Å²) in [5.74, 6) is -0.855. The molecule has 0 bridgehead atoms. The van der Waals surface area contributed by atoms with Crippen molar-refractivity contribution in [3.05, 3.63) is 64.4 Å². The van der Waals surface area contributed by atoms with Gasteiger partial charge >= 0.3 is 0 Å². The van der Waals surface area contributed by atoms with E-state index in [1.54, 1.807) is 13.1 Å². The molecular formula is C14H13ClF2N2. The predicted molar refractivity (Wildman–Crippen MR) is 71.1 cm³/mol. The van der Waals surface area contributed by atoms with Gasteiger partial charge in [-0.2, -0.15) is 0 Å². The molecule has 0 aliphatic rings. The lowest BCUT2D eigenvalue weighted by molar-refractivity contribution is 0.515. The highest BCUT2D eigenvalue weighted by molar-refractivity contribution is 6.30. The van der Waals surface area contributed by atoms with Crippen molar-refractivity contribution in [2.24, 2.45) is 0 Å². The SMILES string of the molecule is CNC(Cc1ccc(Cl)c(F)c1)c1ncccc1F. The van der Waals surface area contributed by atoms with E-state index < -0.39 is 5.82 Å². The van der Waals surface area contributed by atoms with Crippen molar-refractivity contribution in [3.8, 4) is 0 Å². The van der Waals surface area contributed by atoms with Crippen LogP contribution >= 0.6 is 11.6 Å². The van der Waals surface area contributed by atoms with Crippen molar-refractivity contribution in [1.29, 1.82) is 0 Å². The Hall–Kier alpha value is -1.52. The van der Waals surface area contributed by atoms with Gasteiger partial charge in [0.15, 0.2) is 0 Å². The summed E-state index contributed by atoms with van der Waals surface area (Å²) >= 11 is 5.63. The van der Waals surface area contributed by atoms with E-state index in [0.29, 0.717) is 12.1 Å². The molecular weight excluding hydrogens is 270 g/mol. The second-order valence-electron chi connectivity index (χ2n) is 4.16. The maximum atomic E-state index is 13.7. The molecule has 0 radical (unpaired) electrons. The maximum Gasteiger partial charge on any atom is 0.146 e. The molecule has 2 rings (SSSR count). The number of pyridine rings is 1. The van der Waals surface area contributed by atoms with Gasteiger partial charge in [-0.3, -0.25) is 4.98 Å². The molecule has 100 valence electrons. The summed E-state index contributed by atoms with van der Waals surface area (Å²) in [5, 5.41) is 3.06. The molecule has 1 heterocycles. The lowest BCUT2D eigenvalue weighted by atomic mass is 10.0. The summed E-state index contributed by atoms with van der Waals surface area (Å²) in [6.45, 7) is 0. The number of halogens is 3. The van der Waals surface area contributed by atoms with Crippen LogP contribution in [0.4, 0.5) is 8.78 Å². The van der Waals surface area contributed by atoms with Crippen molar-refractivity contribution in [2.45, 2.75) is 12.5 Å². The Kier molecular flexibility index (Phi) is 4.45. The monoisotopic (exact) mass is 282 g/mol. The Morgan fingerprint density at radius 3 is 2.68 bits per heavy atom. The molecule has 0 aliphatic carbocycles. The molecule has 1 aromatic carbocycles. The molecule has 1 unspecified atom stereocenters. The molecule has 1 N–H and O–H groups in total. The largest absolute Gasteiger partial charge is 0.311 e. The zero-order valence-corrected chi connectivity index (χ0v) is 11.1. The third-order valence-corrected chi connectivity index (χ3v) is 3.20. The van der Waals surface area contributed by atoms with E-state index in [1.165, 1.54) is 30.5 Å². The first-order valence-corrected chi connectivity index (χ1v) is 6.21. The minimum absolute atomic E-state index is 0.0776. The van der Waals surface area contributed by atoms with Crippen LogP contribution in [0.25, 0.3) is 0 Å². The van der Waals surface area contributed by atoms with Gasteiger partial charge in [-0.1, -0.05) is 17.7 Å². The van der Waals surface area contributed by atoms with Crippen LogP contribution in [0.3, 0.4) is 0 Å². The molecule has 0 fully saturated rings. The van der Waals surface area contributed by atoms with E-state index in [-0.39, 0.29) is 16.9 Å². The smallest absolute Gasteiger partial charge is 0.146 e. The lowest BCUT2D eigenvalue weighted by Gasteiger charge is -2.16. The van der Waals surface area contributed by atoms with Gasteiger partial charge in [-0.15, -0.1) is 0 Å². The molecule has 0 saturated carbocycles. The summed E-state index contributed by atoms with van der Waals surface area (Å²) in [5.41, 5.74) is 1.05. The number of likely N-dealkylation sites (N-methyl/N-ethyl adjacent to an activating group) is 1. The number of nitrogens with one attached hydrogen (secondary N) is 1. The van der Waals surface area contributed by atoms with Gasteiger partial charge in [0, 0.05) is 6.20 Å². The molecule has 1 aromatic heterocycles. The average Bonchev–Trinajstić information content (AvgIpc) is 2.41. The zero-order valence-electron chi connectivity index (χ0n) is 10.3. The molecule has 1 atom stereocenters. The summed E-state index contributed by atoms with van der Waals surface area (Å²) in [6, 6.07) is 7.14. The Bertz CT molecular complexity index is 575. The van der Waals surface area contributed by atoms with Crippen LogP contribution in [0.2, 0.25) is 5.02 Å². The highest BCUT2D eigenvalue weighted by Crippen LogP contribution is 2.21. The maximum absolute atomic E-state index is 13.7. The highest BCUT2D eigenvalue weighted by Gasteiger charge is 2.16. The molecule has 0 amide bonds. The topological polar surface area (TPSA) is 24.9 Å². The molecule has 19 heavy (non-hydrogen) atoms. The van der Waals surface area contributed by atoms with E-state index in [1.807, 2.05) is 0 Å². The number of aromatic nitrogens is 1. The summed E-state index contributed by atoms with van der Waals surface area (Å²) in [4.78, 5) is 4.03. The second-order valence-corrected chi connectivity index (χ2v) is 4.57. The number of rotatable bonds is 4. The lowest BCUT2D eigenvalue weighted by Crippen LogP contribution is -2.21. The first-order valence-electron chi connectivity index (χ1n) is 5.83. The molecule has 0 aliphatic heterocycles. The first kappa shape index (κ1) is 13.9. The minimum atomic E-state index is -0.476. The van der Waals surface area contributed by atoms with Crippen LogP contribution in [0.5, 0.6) is 0 Å². The third-order valence-electron chi connectivity index (χ3n) is 2.89. The van der Waals surface area contributed by atoms with Gasteiger partial charge in [0.25, 0.3) is 0 Å². The van der Waals surface area contributed by atoms with Crippen LogP contribution < -0.4 is 5.32 Å². The number of nitrogens with zero attached hydrogens (tertiary/aromatic N) is 1. The summed E-state index contributed by atoms with van der Waals surface area (Å²) in [6.07, 6.45) is 1.96. The molecule has 2 nitrogen and oxygen atoms in total. The minimum Gasteiger partial charge on any atom is -0.311 e. The standard InChI is InChI=1S/C14H13ClF2N2/c1-18-13(14-11(16)3-2-6-19-14)8-9-4-5-10(15)12(17)7-9/h2-7,13,18H,8H2,1H3. The van der Waals surface area contributed by atoms with Crippen LogP contribution in [-0.2, 0) is 6.42 Å². The van der Waals surface area contributed by atoms with Crippen LogP contribution in [0, 0.1) is 11.6 Å². The van der Waals surface area contributed by atoms with Gasteiger partial charge in [-0.05, 0) is 43.3 Å². The summed E-state index contributed by atoms with van der Waals surface area (Å²) in [7, 11) is 1.71. The van der Waals surface area contributed by atoms with Gasteiger partial charge < -0.3 is 5.32 Å². The van der Waals surface area contributed by atoms with E-state index >= 15 is 0 Å². The van der Waals surface area contributed by atoms with Crippen molar-refractivity contribution in [1.82, 2.24) is 10.3 Å². The Morgan fingerprint density at radius 2 is 2.05 bits per heavy atom. The van der Waals surface area contributed by atoms with Crippen molar-refractivity contribution >= 4 is 11.6 Å². The second kappa shape index (κ2) is 6.08. The van der Waals surface area contributed by atoms with Gasteiger partial charge in [0.05, 0.1) is 16.8 Å². The highest BCUT2D eigenvalue weighted by atomic mass is 35.5. The van der Waals surface area contributed by atoms with Crippen molar-refractivity contribution in [2.75, 3.05) is 7.05 Å². The molecule has 5 heteroatoms. The molecule has 2 aromatic rings. The normalized spacial score (nSPS) is 12.4. The number of hydrogen-bond acceptors (Lipinski definition) is 2. The Balaban J connectivity index is 2.24. The Labute approximate surface area is 115 Å². The van der Waals surface area contributed by atoms with E-state index in [9.17, 15) is 8.78 Å². The van der Waals surface area contributed by atoms with Crippen LogP contribution in [0.1, 0.15) is 17.3 Å². The van der Waals surface area contributed by atoms with Gasteiger partial charge in [0.2, 0.25) is 0 Å². The molecule has 0 saturated heterocycles. The Morgan fingerprint density at radius 1 is 1.26 bits per heavy atom. The summed E-state index contributed by atoms with van der Waals surface area (Å²) < 4.78 is 27.0. The van der Waals surface area contributed by atoms with Crippen molar-refractivity contribution in [3.63, 3.8) is 0 Å². The van der Waals surface area contributed by atoms with Crippen LogP contribution in [0.15, 0.2) is 36.5 Å². The fourth-order valence-electron chi connectivity index (χ4n) is 1.89. The zero-order chi connectivity index (χ0) is 13.8.